The zero-order valence-corrected chi connectivity index (χ0v) is 10.4. The second-order valence-corrected chi connectivity index (χ2v) is 4.51. The van der Waals surface area contributed by atoms with Crippen molar-refractivity contribution in [3.8, 4) is 0 Å². The average molecular weight is 257 g/mol. The number of aliphatic hydroxyl groups excluding tert-OH is 1. The molecule has 1 aromatic rings. The maximum Gasteiger partial charge on any atom is 0.441 e. The minimum absolute atomic E-state index is 0.0698. The zero-order chi connectivity index (χ0) is 12.7. The normalized spacial score (nSPS) is 12.4. The molecule has 94 valence electrons. The lowest BCUT2D eigenvalue weighted by molar-refractivity contribution is 0.164. The molecule has 0 aromatic heterocycles. The molecule has 0 spiro atoms. The molecule has 0 saturated carbocycles. The number of nitrogens with zero attached hydrogens (tertiary/aromatic N) is 1. The van der Waals surface area contributed by atoms with Gasteiger partial charge < -0.3 is 9.84 Å². The average Bonchev–Trinajstić information content (AvgIpc) is 2.29. The van der Waals surface area contributed by atoms with Gasteiger partial charge in [-0.25, -0.2) is 4.79 Å². The van der Waals surface area contributed by atoms with Crippen LogP contribution in [0.3, 0.4) is 0 Å². The van der Waals surface area contributed by atoms with Crippen LogP contribution in [-0.4, -0.2) is 22.0 Å². The minimum Gasteiger partial charge on any atom is -0.448 e. The summed E-state index contributed by atoms with van der Waals surface area (Å²) in [5, 5.41) is 8.94. The number of aliphatic hydroxyl groups is 1. The molecule has 0 aliphatic rings. The van der Waals surface area contributed by atoms with Gasteiger partial charge in [0.1, 0.15) is 0 Å². The van der Waals surface area contributed by atoms with Gasteiger partial charge in [-0.05, 0) is 18.1 Å². The van der Waals surface area contributed by atoms with Crippen molar-refractivity contribution in [1.29, 1.82) is 0 Å². The van der Waals surface area contributed by atoms with E-state index < -0.39 is 16.7 Å². The van der Waals surface area contributed by atoms with Crippen molar-refractivity contribution in [3.63, 3.8) is 0 Å². The predicted octanol–water partition coefficient (Wildman–Crippen LogP) is 1.50. The molecule has 1 atom stereocenters. The zero-order valence-electron chi connectivity index (χ0n) is 9.50. The fraction of sp³-hybridized carbons (Fsp3) is 0.364. The Morgan fingerprint density at radius 2 is 2.18 bits per heavy atom. The lowest BCUT2D eigenvalue weighted by atomic mass is 10.1. The van der Waals surface area contributed by atoms with E-state index in [1.807, 2.05) is 0 Å². The second kappa shape index (κ2) is 7.03. The molecule has 0 radical (unpaired) electrons. The summed E-state index contributed by atoms with van der Waals surface area (Å²) in [6.45, 7) is 1.80. The first-order valence-electron chi connectivity index (χ1n) is 5.17. The lowest BCUT2D eigenvalue weighted by Crippen LogP contribution is -1.99. The van der Waals surface area contributed by atoms with E-state index in [-0.39, 0.29) is 19.0 Å². The van der Waals surface area contributed by atoms with E-state index in [0.717, 1.165) is 11.1 Å². The molecule has 5 nitrogen and oxygen atoms in total. The van der Waals surface area contributed by atoms with Crippen molar-refractivity contribution < 1.29 is 18.8 Å². The van der Waals surface area contributed by atoms with Crippen LogP contribution < -0.4 is 0 Å². The SMILES string of the molecule is CCOC(=O)/N=[SH](=O)\Cc1cccc(CO)c1. The van der Waals surface area contributed by atoms with E-state index in [9.17, 15) is 9.00 Å². The van der Waals surface area contributed by atoms with Crippen molar-refractivity contribution in [2.75, 3.05) is 6.61 Å². The van der Waals surface area contributed by atoms with E-state index >= 15 is 0 Å². The van der Waals surface area contributed by atoms with E-state index in [0.29, 0.717) is 0 Å². The van der Waals surface area contributed by atoms with Crippen LogP contribution in [0.15, 0.2) is 28.6 Å². The third kappa shape index (κ3) is 4.97. The highest BCUT2D eigenvalue weighted by atomic mass is 32.2. The molecule has 1 aromatic carbocycles. The van der Waals surface area contributed by atoms with E-state index in [1.54, 1.807) is 31.2 Å². The number of carbonyl (C=O) groups is 1. The van der Waals surface area contributed by atoms with Crippen LogP contribution in [0, 0.1) is 0 Å². The Morgan fingerprint density at radius 1 is 1.47 bits per heavy atom. The smallest absolute Gasteiger partial charge is 0.441 e. The van der Waals surface area contributed by atoms with E-state index in [1.165, 1.54) is 0 Å². The Labute approximate surface area is 102 Å². The van der Waals surface area contributed by atoms with Crippen LogP contribution in [0.1, 0.15) is 18.1 Å². The molecule has 0 fully saturated rings. The summed E-state index contributed by atoms with van der Waals surface area (Å²) in [4.78, 5) is 11.0. The molecule has 1 amide bonds. The molecule has 0 aliphatic heterocycles. The molecule has 1 rings (SSSR count). The van der Waals surface area contributed by atoms with E-state index in [4.69, 9.17) is 5.11 Å². The fourth-order valence-electron chi connectivity index (χ4n) is 1.26. The first kappa shape index (κ1) is 13.7. The van der Waals surface area contributed by atoms with Crippen molar-refractivity contribution >= 4 is 16.7 Å². The Morgan fingerprint density at radius 3 is 2.82 bits per heavy atom. The predicted molar refractivity (Wildman–Crippen MR) is 65.1 cm³/mol. The molecule has 1 N–H and O–H groups in total. The van der Waals surface area contributed by atoms with Crippen LogP contribution in [-0.2, 0) is 27.7 Å². The standard InChI is InChI=1S/C11H15NO4S/c1-2-16-11(14)12-17(15)8-10-5-3-4-9(6-10)7-13/h3-6,13,17H,2,7-8H2,1H3. The number of benzene rings is 1. The second-order valence-electron chi connectivity index (χ2n) is 3.29. The minimum atomic E-state index is -2.01. The third-order valence-corrected chi connectivity index (χ3v) is 2.97. The molecule has 0 heterocycles. The van der Waals surface area contributed by atoms with Crippen molar-refractivity contribution in [2.45, 2.75) is 19.3 Å². The maximum absolute atomic E-state index is 11.5. The molecule has 0 saturated heterocycles. The summed E-state index contributed by atoms with van der Waals surface area (Å²) in [6, 6.07) is 7.02. The molecular weight excluding hydrogens is 242 g/mol. The van der Waals surface area contributed by atoms with Gasteiger partial charge >= 0.3 is 6.09 Å². The number of carbonyl (C=O) groups excluding carboxylic acids is 1. The van der Waals surface area contributed by atoms with Gasteiger partial charge in [-0.15, -0.1) is 4.36 Å². The van der Waals surface area contributed by atoms with Gasteiger partial charge in [-0.3, -0.25) is 4.21 Å². The lowest BCUT2D eigenvalue weighted by Gasteiger charge is -2.00. The highest BCUT2D eigenvalue weighted by Crippen LogP contribution is 2.06. The Balaban J connectivity index is 2.70. The van der Waals surface area contributed by atoms with Crippen LogP contribution >= 0.6 is 0 Å². The Bertz CT molecular complexity index is 466. The Hall–Kier alpha value is -1.40. The maximum atomic E-state index is 11.5. The van der Waals surface area contributed by atoms with Crippen molar-refractivity contribution in [2.24, 2.45) is 4.36 Å². The van der Waals surface area contributed by atoms with E-state index in [2.05, 4.69) is 9.10 Å². The van der Waals surface area contributed by atoms with Gasteiger partial charge in [-0.2, -0.15) is 0 Å². The van der Waals surface area contributed by atoms with Crippen LogP contribution in [0.5, 0.6) is 0 Å². The van der Waals surface area contributed by atoms with Gasteiger partial charge in [0.25, 0.3) is 0 Å². The topological polar surface area (TPSA) is 76.0 Å². The molecule has 1 unspecified atom stereocenters. The van der Waals surface area contributed by atoms with Gasteiger partial charge in [0.15, 0.2) is 0 Å². The number of ether oxygens (including phenoxy) is 1. The number of hydrogen-bond donors (Lipinski definition) is 2. The quantitative estimate of drug-likeness (QED) is 0.801. The highest BCUT2D eigenvalue weighted by molar-refractivity contribution is 7.74. The van der Waals surface area contributed by atoms with Gasteiger partial charge in [0, 0.05) is 0 Å². The first-order chi connectivity index (χ1) is 8.15. The molecular formula is C11H15NO4S. The monoisotopic (exact) mass is 257 g/mol. The van der Waals surface area contributed by atoms with Crippen LogP contribution in [0.4, 0.5) is 4.79 Å². The largest absolute Gasteiger partial charge is 0.448 e. The number of hydrogen-bond acceptors (Lipinski definition) is 4. The summed E-state index contributed by atoms with van der Waals surface area (Å²) < 4.78 is 19.5. The number of rotatable bonds is 4. The summed E-state index contributed by atoms with van der Waals surface area (Å²) in [5.41, 5.74) is 1.51. The van der Waals surface area contributed by atoms with Gasteiger partial charge in [0.2, 0.25) is 0 Å². The summed E-state index contributed by atoms with van der Waals surface area (Å²) in [5.74, 6) is 0.169. The van der Waals surface area contributed by atoms with Gasteiger partial charge in [0.05, 0.1) is 29.6 Å². The Kier molecular flexibility index (Phi) is 5.65. The molecule has 6 heteroatoms. The van der Waals surface area contributed by atoms with Crippen molar-refractivity contribution in [3.05, 3.63) is 35.4 Å². The molecule has 0 bridgehead atoms. The highest BCUT2D eigenvalue weighted by Gasteiger charge is 2.00. The van der Waals surface area contributed by atoms with Crippen LogP contribution in [0.2, 0.25) is 0 Å². The number of amides is 1. The van der Waals surface area contributed by atoms with Gasteiger partial charge in [-0.1, -0.05) is 24.3 Å². The fourth-order valence-corrected chi connectivity index (χ4v) is 2.08. The van der Waals surface area contributed by atoms with Crippen molar-refractivity contribution in [1.82, 2.24) is 0 Å². The molecule has 0 aliphatic carbocycles. The third-order valence-electron chi connectivity index (χ3n) is 1.95. The molecule has 17 heavy (non-hydrogen) atoms. The summed E-state index contributed by atoms with van der Waals surface area (Å²) in [7, 11) is -2.01. The summed E-state index contributed by atoms with van der Waals surface area (Å²) in [6.07, 6.45) is -0.799. The first-order valence-corrected chi connectivity index (χ1v) is 6.57. The number of thiol groups is 1. The summed E-state index contributed by atoms with van der Waals surface area (Å²) >= 11 is 0. The van der Waals surface area contributed by atoms with Crippen LogP contribution in [0.25, 0.3) is 0 Å².